The van der Waals surface area contributed by atoms with Crippen molar-refractivity contribution in [2.24, 2.45) is 0 Å². The van der Waals surface area contributed by atoms with E-state index in [-0.39, 0.29) is 6.03 Å². The fourth-order valence-electron chi connectivity index (χ4n) is 3.89. The fourth-order valence-corrected chi connectivity index (χ4v) is 3.89. The highest BCUT2D eigenvalue weighted by Crippen LogP contribution is 2.32. The lowest BCUT2D eigenvalue weighted by Crippen LogP contribution is -2.19. The molecule has 7 heteroatoms. The van der Waals surface area contributed by atoms with E-state index in [2.05, 4.69) is 20.6 Å². The number of carbonyl (C=O) groups is 1. The van der Waals surface area contributed by atoms with E-state index in [9.17, 15) is 4.79 Å². The van der Waals surface area contributed by atoms with E-state index in [1.165, 1.54) is 0 Å². The molecule has 0 unspecified atom stereocenters. The van der Waals surface area contributed by atoms with Crippen LogP contribution in [-0.4, -0.2) is 26.0 Å². The van der Waals surface area contributed by atoms with Gasteiger partial charge in [-0.3, -0.25) is 9.97 Å². The van der Waals surface area contributed by atoms with E-state index in [0.29, 0.717) is 11.2 Å². The molecule has 0 saturated carbocycles. The Morgan fingerprint density at radius 2 is 1.22 bits per heavy atom. The molecule has 0 saturated heterocycles. The molecule has 0 atom stereocenters. The molecule has 2 N–H and O–H groups in total. The molecule has 0 aliphatic heterocycles. The number of pyridine rings is 2. The Hall–Kier alpha value is -4.65. The normalized spacial score (nSPS) is 11.2. The molecule has 3 heterocycles. The SMILES string of the molecule is O=C(Nc1ccccc1)Nc1ccc2nc3c4cccnc4c4ncccc4c3nc2c1. The number of hydrogen-bond acceptors (Lipinski definition) is 5. The van der Waals surface area contributed by atoms with Crippen LogP contribution in [0.5, 0.6) is 0 Å². The highest BCUT2D eigenvalue weighted by molar-refractivity contribution is 6.21. The van der Waals surface area contributed by atoms with Crippen LogP contribution in [0.2, 0.25) is 0 Å². The smallest absolute Gasteiger partial charge is 0.308 e. The molecule has 0 spiro atoms. The number of amides is 2. The third kappa shape index (κ3) is 3.04. The van der Waals surface area contributed by atoms with Gasteiger partial charge in [-0.25, -0.2) is 14.8 Å². The number of anilines is 2. The minimum Gasteiger partial charge on any atom is -0.308 e. The Morgan fingerprint density at radius 3 is 1.91 bits per heavy atom. The molecule has 6 aromatic rings. The quantitative estimate of drug-likeness (QED) is 0.286. The standard InChI is InChI=1S/C25H16N6O/c32-25(28-15-6-2-1-3-7-15)29-16-10-11-19-20(14-16)31-24-18-9-5-13-27-22(18)21-17(23(24)30-19)8-4-12-26-21/h1-14H,(H2,28,29,32). The molecule has 2 amide bonds. The van der Waals surface area contributed by atoms with E-state index < -0.39 is 0 Å². The Morgan fingerprint density at radius 1 is 0.594 bits per heavy atom. The van der Waals surface area contributed by atoms with E-state index >= 15 is 0 Å². The lowest BCUT2D eigenvalue weighted by molar-refractivity contribution is 0.262. The van der Waals surface area contributed by atoms with Crippen LogP contribution in [0, 0.1) is 0 Å². The van der Waals surface area contributed by atoms with Crippen LogP contribution >= 0.6 is 0 Å². The summed E-state index contributed by atoms with van der Waals surface area (Å²) in [5.41, 5.74) is 5.90. The number of aromatic nitrogens is 4. The van der Waals surface area contributed by atoms with Crippen LogP contribution in [-0.2, 0) is 0 Å². The van der Waals surface area contributed by atoms with E-state index in [4.69, 9.17) is 9.97 Å². The van der Waals surface area contributed by atoms with Crippen LogP contribution in [0.4, 0.5) is 16.2 Å². The van der Waals surface area contributed by atoms with Gasteiger partial charge in [0.05, 0.1) is 33.1 Å². The zero-order chi connectivity index (χ0) is 21.5. The van der Waals surface area contributed by atoms with E-state index in [1.54, 1.807) is 12.4 Å². The number of para-hydroxylation sites is 1. The van der Waals surface area contributed by atoms with E-state index in [1.807, 2.05) is 72.8 Å². The molecular formula is C25H16N6O. The van der Waals surface area contributed by atoms with Crippen LogP contribution in [0.1, 0.15) is 0 Å². The van der Waals surface area contributed by atoms with Gasteiger partial charge in [0.2, 0.25) is 0 Å². The third-order valence-corrected chi connectivity index (χ3v) is 5.30. The molecule has 32 heavy (non-hydrogen) atoms. The van der Waals surface area contributed by atoms with Gasteiger partial charge in [-0.15, -0.1) is 0 Å². The molecule has 7 nitrogen and oxygen atoms in total. The first-order valence-corrected chi connectivity index (χ1v) is 10.1. The Bertz CT molecular complexity index is 1650. The van der Waals surface area contributed by atoms with Crippen LogP contribution < -0.4 is 10.6 Å². The van der Waals surface area contributed by atoms with Gasteiger partial charge in [0, 0.05) is 34.5 Å². The summed E-state index contributed by atoms with van der Waals surface area (Å²) < 4.78 is 0. The average molecular weight is 416 g/mol. The summed E-state index contributed by atoms with van der Waals surface area (Å²) >= 11 is 0. The second-order valence-corrected chi connectivity index (χ2v) is 7.37. The fraction of sp³-hybridized carbons (Fsp3) is 0. The van der Waals surface area contributed by atoms with Crippen molar-refractivity contribution in [1.82, 2.24) is 19.9 Å². The average Bonchev–Trinajstić information content (AvgIpc) is 2.84. The number of benzene rings is 3. The highest BCUT2D eigenvalue weighted by Gasteiger charge is 2.14. The van der Waals surface area contributed by atoms with Gasteiger partial charge in [0.1, 0.15) is 0 Å². The predicted octanol–water partition coefficient (Wildman–Crippen LogP) is 5.52. The van der Waals surface area contributed by atoms with Gasteiger partial charge in [-0.1, -0.05) is 18.2 Å². The van der Waals surface area contributed by atoms with Crippen molar-refractivity contribution in [3.05, 3.63) is 85.2 Å². The molecule has 0 radical (unpaired) electrons. The number of urea groups is 1. The summed E-state index contributed by atoms with van der Waals surface area (Å²) in [6, 6.07) is 22.2. The number of rotatable bonds is 2. The first kappa shape index (κ1) is 18.1. The second kappa shape index (κ2) is 7.24. The van der Waals surface area contributed by atoms with Crippen LogP contribution in [0.25, 0.3) is 43.9 Å². The zero-order valence-corrected chi connectivity index (χ0v) is 16.8. The number of fused-ring (bicyclic) bond motifs is 7. The number of nitrogens with one attached hydrogen (secondary N) is 2. The first-order chi connectivity index (χ1) is 15.8. The lowest BCUT2D eigenvalue weighted by Gasteiger charge is -2.10. The Balaban J connectivity index is 1.47. The Kier molecular flexibility index (Phi) is 4.11. The molecule has 3 aromatic heterocycles. The number of hydrogen-bond donors (Lipinski definition) is 2. The summed E-state index contributed by atoms with van der Waals surface area (Å²) in [5.74, 6) is 0. The van der Waals surface area contributed by atoms with Gasteiger partial charge in [-0.2, -0.15) is 0 Å². The van der Waals surface area contributed by atoms with Gasteiger partial charge < -0.3 is 10.6 Å². The van der Waals surface area contributed by atoms with Crippen LogP contribution in [0.15, 0.2) is 85.2 Å². The molecule has 0 fully saturated rings. The van der Waals surface area contributed by atoms with Crippen molar-refractivity contribution in [3.8, 4) is 0 Å². The topological polar surface area (TPSA) is 92.7 Å². The molecule has 152 valence electrons. The van der Waals surface area contributed by atoms with Crippen molar-refractivity contribution in [2.75, 3.05) is 10.6 Å². The second-order valence-electron chi connectivity index (χ2n) is 7.37. The zero-order valence-electron chi connectivity index (χ0n) is 16.8. The molecule has 0 aliphatic carbocycles. The summed E-state index contributed by atoms with van der Waals surface area (Å²) in [6.45, 7) is 0. The maximum atomic E-state index is 12.4. The minimum absolute atomic E-state index is 0.323. The molecule has 0 bridgehead atoms. The minimum atomic E-state index is -0.323. The molecule has 6 rings (SSSR count). The maximum absolute atomic E-state index is 12.4. The summed E-state index contributed by atoms with van der Waals surface area (Å²) in [6.07, 6.45) is 3.51. The van der Waals surface area contributed by atoms with Gasteiger partial charge >= 0.3 is 6.03 Å². The summed E-state index contributed by atoms with van der Waals surface area (Å²) in [4.78, 5) is 31.2. The number of carbonyl (C=O) groups excluding carboxylic acids is 1. The maximum Gasteiger partial charge on any atom is 0.323 e. The third-order valence-electron chi connectivity index (χ3n) is 5.30. The van der Waals surface area contributed by atoms with Gasteiger partial charge in [0.15, 0.2) is 0 Å². The highest BCUT2D eigenvalue weighted by atomic mass is 16.2. The lowest BCUT2D eigenvalue weighted by atomic mass is 10.1. The monoisotopic (exact) mass is 416 g/mol. The Labute approximate surface area is 182 Å². The van der Waals surface area contributed by atoms with Crippen molar-refractivity contribution in [2.45, 2.75) is 0 Å². The van der Waals surface area contributed by atoms with Gasteiger partial charge in [0.25, 0.3) is 0 Å². The summed E-state index contributed by atoms with van der Waals surface area (Å²) in [5, 5.41) is 7.47. The van der Waals surface area contributed by atoms with Crippen molar-refractivity contribution < 1.29 is 4.79 Å². The van der Waals surface area contributed by atoms with Crippen molar-refractivity contribution >= 4 is 61.3 Å². The van der Waals surface area contributed by atoms with Crippen molar-refractivity contribution in [1.29, 1.82) is 0 Å². The molecular weight excluding hydrogens is 400 g/mol. The molecule has 0 aliphatic rings. The molecule has 3 aromatic carbocycles. The number of nitrogens with zero attached hydrogens (tertiary/aromatic N) is 4. The van der Waals surface area contributed by atoms with Gasteiger partial charge in [-0.05, 0) is 54.6 Å². The predicted molar refractivity (Wildman–Crippen MR) is 127 cm³/mol. The summed E-state index contributed by atoms with van der Waals surface area (Å²) in [7, 11) is 0. The van der Waals surface area contributed by atoms with E-state index in [0.717, 1.165) is 44.0 Å². The van der Waals surface area contributed by atoms with Crippen molar-refractivity contribution in [3.63, 3.8) is 0 Å². The van der Waals surface area contributed by atoms with Crippen LogP contribution in [0.3, 0.4) is 0 Å². The largest absolute Gasteiger partial charge is 0.323 e. The first-order valence-electron chi connectivity index (χ1n) is 10.1.